The molecule has 4 heteroatoms. The van der Waals surface area contributed by atoms with Crippen molar-refractivity contribution in [1.82, 2.24) is 9.88 Å². The van der Waals surface area contributed by atoms with Crippen molar-refractivity contribution >= 4 is 17.3 Å². The lowest BCUT2D eigenvalue weighted by molar-refractivity contribution is 0.0697. The first-order valence-corrected chi connectivity index (χ1v) is 8.62. The van der Waals surface area contributed by atoms with Gasteiger partial charge in [-0.15, -0.1) is 0 Å². The van der Waals surface area contributed by atoms with Gasteiger partial charge < -0.3 is 10.2 Å². The summed E-state index contributed by atoms with van der Waals surface area (Å²) >= 11 is 0. The van der Waals surface area contributed by atoms with Crippen LogP contribution in [0.2, 0.25) is 0 Å². The van der Waals surface area contributed by atoms with Gasteiger partial charge in [0.1, 0.15) is 0 Å². The largest absolute Gasteiger partial charge is 0.354 e. The van der Waals surface area contributed by atoms with Crippen LogP contribution in [-0.2, 0) is 0 Å². The summed E-state index contributed by atoms with van der Waals surface area (Å²) < 4.78 is 0. The molecule has 1 N–H and O–H groups in total. The van der Waals surface area contributed by atoms with E-state index in [0.717, 1.165) is 37.3 Å². The van der Waals surface area contributed by atoms with Crippen LogP contribution in [0.3, 0.4) is 0 Å². The first-order chi connectivity index (χ1) is 11.5. The maximum absolute atomic E-state index is 12.7. The first-order valence-electron chi connectivity index (χ1n) is 8.62. The number of nitrogens with zero attached hydrogens (tertiary/aromatic N) is 2. The molecule has 0 radical (unpaired) electrons. The van der Waals surface area contributed by atoms with Crippen LogP contribution < -0.4 is 5.32 Å². The fourth-order valence-electron chi connectivity index (χ4n) is 3.06. The molecule has 0 bridgehead atoms. The van der Waals surface area contributed by atoms with Crippen molar-refractivity contribution in [3.63, 3.8) is 0 Å². The summed E-state index contributed by atoms with van der Waals surface area (Å²) in [5, 5.41) is 3.39. The maximum Gasteiger partial charge on any atom is 0.255 e. The molecule has 2 heterocycles. The molecule has 0 atom stereocenters. The monoisotopic (exact) mass is 323 g/mol. The maximum atomic E-state index is 12.7. The fourth-order valence-corrected chi connectivity index (χ4v) is 3.06. The van der Waals surface area contributed by atoms with Crippen molar-refractivity contribution in [1.29, 1.82) is 0 Å². The van der Waals surface area contributed by atoms with Gasteiger partial charge in [0, 0.05) is 25.0 Å². The van der Waals surface area contributed by atoms with Gasteiger partial charge in [0.25, 0.3) is 5.91 Å². The lowest BCUT2D eigenvalue weighted by Crippen LogP contribution is -2.37. The topological polar surface area (TPSA) is 45.2 Å². The summed E-state index contributed by atoms with van der Waals surface area (Å²) in [6, 6.07) is 8.07. The number of piperidine rings is 1. The van der Waals surface area contributed by atoms with Gasteiger partial charge in [0.2, 0.25) is 0 Å². The normalized spacial score (nSPS) is 15.4. The van der Waals surface area contributed by atoms with Gasteiger partial charge in [0.05, 0.1) is 17.4 Å². The number of rotatable bonds is 3. The van der Waals surface area contributed by atoms with E-state index in [1.54, 1.807) is 12.4 Å². The van der Waals surface area contributed by atoms with Crippen LogP contribution in [0.1, 0.15) is 41.3 Å². The van der Waals surface area contributed by atoms with E-state index in [2.05, 4.69) is 37.1 Å². The Morgan fingerprint density at radius 2 is 1.96 bits per heavy atom. The molecule has 126 valence electrons. The van der Waals surface area contributed by atoms with E-state index in [0.29, 0.717) is 11.5 Å². The molecule has 1 saturated heterocycles. The smallest absolute Gasteiger partial charge is 0.255 e. The van der Waals surface area contributed by atoms with E-state index < -0.39 is 0 Å². The molecular formula is C20H25N3O. The lowest BCUT2D eigenvalue weighted by atomic mass is 9.99. The Hall–Kier alpha value is -2.36. The average Bonchev–Trinajstić information content (AvgIpc) is 2.59. The molecule has 1 aliphatic heterocycles. The zero-order valence-electron chi connectivity index (χ0n) is 14.7. The molecule has 1 aromatic carbocycles. The summed E-state index contributed by atoms with van der Waals surface area (Å²) in [4.78, 5) is 18.9. The van der Waals surface area contributed by atoms with E-state index in [1.807, 2.05) is 23.1 Å². The molecule has 0 saturated carbocycles. The average molecular weight is 323 g/mol. The van der Waals surface area contributed by atoms with Crippen molar-refractivity contribution in [3.8, 4) is 0 Å². The number of hydrogen-bond donors (Lipinski definition) is 1. The highest BCUT2D eigenvalue weighted by Crippen LogP contribution is 2.24. The van der Waals surface area contributed by atoms with E-state index in [1.165, 1.54) is 11.1 Å². The molecule has 1 fully saturated rings. The summed E-state index contributed by atoms with van der Waals surface area (Å²) in [5.74, 6) is 0.795. The summed E-state index contributed by atoms with van der Waals surface area (Å²) in [6.07, 6.45) is 5.59. The zero-order valence-corrected chi connectivity index (χ0v) is 14.7. The van der Waals surface area contributed by atoms with Gasteiger partial charge >= 0.3 is 0 Å². The Kier molecular flexibility index (Phi) is 4.84. The third-order valence-corrected chi connectivity index (χ3v) is 4.94. The number of aromatic nitrogens is 1. The highest BCUT2D eigenvalue weighted by atomic mass is 16.2. The Balaban J connectivity index is 1.76. The van der Waals surface area contributed by atoms with Gasteiger partial charge in [-0.2, -0.15) is 0 Å². The van der Waals surface area contributed by atoms with Gasteiger partial charge in [0.15, 0.2) is 0 Å². The molecule has 1 aliphatic rings. The number of aryl methyl sites for hydroxylation is 1. The Morgan fingerprint density at radius 1 is 1.21 bits per heavy atom. The number of hydrogen-bond acceptors (Lipinski definition) is 3. The number of pyridine rings is 1. The second-order valence-corrected chi connectivity index (χ2v) is 6.81. The number of nitrogens with one attached hydrogen (secondary N) is 1. The van der Waals surface area contributed by atoms with Crippen LogP contribution in [0.5, 0.6) is 0 Å². The second-order valence-electron chi connectivity index (χ2n) is 6.81. The quantitative estimate of drug-likeness (QED) is 0.915. The predicted octanol–water partition coefficient (Wildman–Crippen LogP) is 4.31. The predicted molar refractivity (Wildman–Crippen MR) is 97.7 cm³/mol. The SMILES string of the molecule is Cc1cccc(Nc2cncc(C(=O)N3CCC(C)CC3)c2)c1C. The van der Waals surface area contributed by atoms with Crippen molar-refractivity contribution < 1.29 is 4.79 Å². The third-order valence-electron chi connectivity index (χ3n) is 4.94. The van der Waals surface area contributed by atoms with Gasteiger partial charge in [-0.05, 0) is 55.9 Å². The minimum Gasteiger partial charge on any atom is -0.354 e. The Bertz CT molecular complexity index is 733. The molecule has 1 aromatic heterocycles. The summed E-state index contributed by atoms with van der Waals surface area (Å²) in [6.45, 7) is 8.12. The lowest BCUT2D eigenvalue weighted by Gasteiger charge is -2.30. The second kappa shape index (κ2) is 7.04. The molecule has 0 spiro atoms. The number of anilines is 2. The van der Waals surface area contributed by atoms with Crippen molar-refractivity contribution in [2.75, 3.05) is 18.4 Å². The first kappa shape index (κ1) is 16.5. The van der Waals surface area contributed by atoms with E-state index >= 15 is 0 Å². The van der Waals surface area contributed by atoms with E-state index in [9.17, 15) is 4.79 Å². The Labute approximate surface area is 143 Å². The van der Waals surface area contributed by atoms with Crippen molar-refractivity contribution in [2.45, 2.75) is 33.6 Å². The van der Waals surface area contributed by atoms with Crippen molar-refractivity contribution in [3.05, 3.63) is 53.3 Å². The van der Waals surface area contributed by atoms with Crippen LogP contribution in [0.15, 0.2) is 36.7 Å². The molecule has 0 unspecified atom stereocenters. The molecule has 24 heavy (non-hydrogen) atoms. The molecule has 3 rings (SSSR count). The van der Waals surface area contributed by atoms with E-state index in [4.69, 9.17) is 0 Å². The van der Waals surface area contributed by atoms with Crippen LogP contribution in [0, 0.1) is 19.8 Å². The standard InChI is InChI=1S/C20H25N3O/c1-14-7-9-23(10-8-14)20(24)17-11-18(13-21-12-17)22-19-6-4-5-15(2)16(19)3/h4-6,11-14,22H,7-10H2,1-3H3. The molecule has 0 aliphatic carbocycles. The van der Waals surface area contributed by atoms with Crippen LogP contribution in [-0.4, -0.2) is 28.9 Å². The Morgan fingerprint density at radius 3 is 2.71 bits per heavy atom. The van der Waals surface area contributed by atoms with Gasteiger partial charge in [-0.25, -0.2) is 0 Å². The third kappa shape index (κ3) is 3.58. The molecule has 4 nitrogen and oxygen atoms in total. The van der Waals surface area contributed by atoms with Crippen LogP contribution >= 0.6 is 0 Å². The highest BCUT2D eigenvalue weighted by molar-refractivity contribution is 5.95. The molecule has 1 amide bonds. The number of carbonyl (C=O) groups is 1. The summed E-state index contributed by atoms with van der Waals surface area (Å²) in [5.41, 5.74) is 5.00. The number of carbonyl (C=O) groups excluding carboxylic acids is 1. The minimum absolute atomic E-state index is 0.0824. The number of amides is 1. The van der Waals surface area contributed by atoms with Crippen LogP contribution in [0.25, 0.3) is 0 Å². The van der Waals surface area contributed by atoms with E-state index in [-0.39, 0.29) is 5.91 Å². The summed E-state index contributed by atoms with van der Waals surface area (Å²) in [7, 11) is 0. The minimum atomic E-state index is 0.0824. The van der Waals surface area contributed by atoms with Crippen LogP contribution in [0.4, 0.5) is 11.4 Å². The fraction of sp³-hybridized carbons (Fsp3) is 0.400. The number of likely N-dealkylation sites (tertiary alicyclic amines) is 1. The molecular weight excluding hydrogens is 298 g/mol. The number of benzene rings is 1. The van der Waals surface area contributed by atoms with Gasteiger partial charge in [-0.1, -0.05) is 19.1 Å². The molecule has 2 aromatic rings. The zero-order chi connectivity index (χ0) is 17.1. The van der Waals surface area contributed by atoms with Gasteiger partial charge in [-0.3, -0.25) is 9.78 Å². The highest BCUT2D eigenvalue weighted by Gasteiger charge is 2.21. The van der Waals surface area contributed by atoms with Crippen molar-refractivity contribution in [2.24, 2.45) is 5.92 Å².